The topological polar surface area (TPSA) is 54.4 Å². The molecule has 33 heavy (non-hydrogen) atoms. The summed E-state index contributed by atoms with van der Waals surface area (Å²) in [4.78, 5) is 26.8. The number of aliphatic imine (C=N–C) groups is 1. The summed E-state index contributed by atoms with van der Waals surface area (Å²) >= 11 is 0. The van der Waals surface area contributed by atoms with Crippen molar-refractivity contribution in [3.63, 3.8) is 0 Å². The van der Waals surface area contributed by atoms with Crippen LogP contribution < -0.4 is 10.2 Å². The van der Waals surface area contributed by atoms with Crippen LogP contribution in [0.15, 0.2) is 23.2 Å². The van der Waals surface area contributed by atoms with E-state index in [2.05, 4.69) is 59.1 Å². The summed E-state index contributed by atoms with van der Waals surface area (Å²) in [5, 5.41) is 3.48. The Morgan fingerprint density at radius 2 is 1.76 bits per heavy atom. The minimum absolute atomic E-state index is 0. The average molecular weight is 569 g/mol. The van der Waals surface area contributed by atoms with Gasteiger partial charge in [0.05, 0.1) is 12.6 Å². The van der Waals surface area contributed by atoms with Crippen molar-refractivity contribution in [1.82, 2.24) is 20.0 Å². The van der Waals surface area contributed by atoms with Gasteiger partial charge < -0.3 is 20.0 Å². The van der Waals surface area contributed by atoms with Crippen molar-refractivity contribution in [3.05, 3.63) is 29.3 Å². The van der Waals surface area contributed by atoms with Crippen LogP contribution in [0.3, 0.4) is 0 Å². The second-order valence-corrected chi connectivity index (χ2v) is 9.39. The van der Waals surface area contributed by atoms with E-state index in [-0.39, 0.29) is 30.0 Å². The molecule has 1 aromatic rings. The first-order chi connectivity index (χ1) is 15.6. The second kappa shape index (κ2) is 12.2. The van der Waals surface area contributed by atoms with Crippen molar-refractivity contribution in [2.45, 2.75) is 52.1 Å². The largest absolute Gasteiger partial charge is 0.374 e. The highest BCUT2D eigenvalue weighted by Crippen LogP contribution is 2.27. The lowest BCUT2D eigenvalue weighted by atomic mass is 10.00. The number of benzene rings is 1. The smallest absolute Gasteiger partial charge is 0.239 e. The quantitative estimate of drug-likeness (QED) is 0.337. The Morgan fingerprint density at radius 1 is 1.03 bits per heavy atom. The molecule has 0 aliphatic carbocycles. The maximum atomic E-state index is 12.8. The number of guanidine groups is 1. The minimum Gasteiger partial charge on any atom is -0.374 e. The van der Waals surface area contributed by atoms with Crippen LogP contribution in [0.1, 0.15) is 44.2 Å². The fourth-order valence-electron chi connectivity index (χ4n) is 5.21. The van der Waals surface area contributed by atoms with Gasteiger partial charge in [-0.15, -0.1) is 24.0 Å². The fraction of sp³-hybridized carbons (Fsp3) is 0.680. The van der Waals surface area contributed by atoms with Crippen molar-refractivity contribution >= 4 is 41.5 Å². The normalized spacial score (nSPS) is 20.3. The number of amides is 1. The molecule has 1 aromatic carbocycles. The number of hydrogen-bond acceptors (Lipinski definition) is 4. The van der Waals surface area contributed by atoms with Crippen LogP contribution in [0, 0.1) is 0 Å². The first-order valence-corrected chi connectivity index (χ1v) is 12.5. The van der Waals surface area contributed by atoms with Crippen LogP contribution in [-0.4, -0.2) is 92.0 Å². The van der Waals surface area contributed by atoms with Crippen LogP contribution in [0.5, 0.6) is 0 Å². The van der Waals surface area contributed by atoms with Gasteiger partial charge in [-0.1, -0.05) is 12.1 Å². The van der Waals surface area contributed by atoms with Gasteiger partial charge in [-0.05, 0) is 56.7 Å². The maximum Gasteiger partial charge on any atom is 0.239 e. The van der Waals surface area contributed by atoms with E-state index in [1.807, 2.05) is 4.90 Å². The first-order valence-electron chi connectivity index (χ1n) is 12.5. The standard InChI is InChI=1S/C25H40N6O.HI/c1-4-26-25(27-19-21-9-10-23-22(18-21)8-7-11-28(23)3)31-16-14-29(15-17-31)20(2)24(32)30-12-5-6-13-30;/h9-10,18,20H,4-8,11-17,19H2,1-3H3,(H,26,27);1H. The molecule has 7 nitrogen and oxygen atoms in total. The van der Waals surface area contributed by atoms with Gasteiger partial charge in [0, 0.05) is 65.1 Å². The van der Waals surface area contributed by atoms with Crippen molar-refractivity contribution in [2.24, 2.45) is 4.99 Å². The number of aryl methyl sites for hydroxylation is 1. The predicted octanol–water partition coefficient (Wildman–Crippen LogP) is 2.78. The van der Waals surface area contributed by atoms with E-state index in [9.17, 15) is 4.79 Å². The number of hydrogen-bond donors (Lipinski definition) is 1. The molecule has 8 heteroatoms. The molecular formula is C25H41IN6O. The minimum atomic E-state index is -0.0246. The van der Waals surface area contributed by atoms with Gasteiger partial charge in [-0.25, -0.2) is 4.99 Å². The summed E-state index contributed by atoms with van der Waals surface area (Å²) < 4.78 is 0. The summed E-state index contributed by atoms with van der Waals surface area (Å²) in [6, 6.07) is 6.78. The number of piperazine rings is 1. The van der Waals surface area contributed by atoms with Crippen LogP contribution in [0.25, 0.3) is 0 Å². The zero-order chi connectivity index (χ0) is 22.5. The Hall–Kier alpha value is -1.55. The highest BCUT2D eigenvalue weighted by atomic mass is 127. The van der Waals surface area contributed by atoms with E-state index in [1.165, 1.54) is 23.2 Å². The van der Waals surface area contributed by atoms with E-state index >= 15 is 0 Å². The van der Waals surface area contributed by atoms with E-state index in [0.29, 0.717) is 12.5 Å². The van der Waals surface area contributed by atoms with Crippen LogP contribution in [0.2, 0.25) is 0 Å². The summed E-state index contributed by atoms with van der Waals surface area (Å²) in [6.45, 7) is 12.4. The molecule has 2 fully saturated rings. The average Bonchev–Trinajstić information content (AvgIpc) is 3.36. The van der Waals surface area contributed by atoms with E-state index in [0.717, 1.165) is 77.6 Å². The third kappa shape index (κ3) is 6.32. The van der Waals surface area contributed by atoms with E-state index in [4.69, 9.17) is 4.99 Å². The number of halogens is 1. The van der Waals surface area contributed by atoms with Gasteiger partial charge in [0.25, 0.3) is 0 Å². The molecule has 3 aliphatic heterocycles. The van der Waals surface area contributed by atoms with Crippen molar-refractivity contribution in [2.75, 3.05) is 64.3 Å². The highest BCUT2D eigenvalue weighted by Gasteiger charge is 2.30. The van der Waals surface area contributed by atoms with Gasteiger partial charge >= 0.3 is 0 Å². The lowest BCUT2D eigenvalue weighted by Gasteiger charge is -2.39. The molecule has 2 saturated heterocycles. The summed E-state index contributed by atoms with van der Waals surface area (Å²) in [6.07, 6.45) is 4.68. The van der Waals surface area contributed by atoms with Crippen molar-refractivity contribution in [1.29, 1.82) is 0 Å². The lowest BCUT2D eigenvalue weighted by molar-refractivity contribution is -0.135. The Labute approximate surface area is 216 Å². The van der Waals surface area contributed by atoms with Crippen LogP contribution in [-0.2, 0) is 17.8 Å². The molecule has 0 radical (unpaired) electrons. The molecule has 1 atom stereocenters. The molecule has 0 bridgehead atoms. The molecule has 184 valence electrons. The molecule has 0 aromatic heterocycles. The Bertz CT molecular complexity index is 817. The van der Waals surface area contributed by atoms with Gasteiger partial charge in [-0.3, -0.25) is 9.69 Å². The SMILES string of the molecule is CCNC(=NCc1ccc2c(c1)CCCN2C)N1CCN(C(C)C(=O)N2CCCC2)CC1.I. The number of rotatable bonds is 5. The van der Waals surface area contributed by atoms with Gasteiger partial charge in [0.1, 0.15) is 0 Å². The molecular weight excluding hydrogens is 527 g/mol. The number of nitrogens with zero attached hydrogens (tertiary/aromatic N) is 5. The molecule has 1 unspecified atom stereocenters. The molecule has 1 amide bonds. The summed E-state index contributed by atoms with van der Waals surface area (Å²) in [7, 11) is 2.18. The summed E-state index contributed by atoms with van der Waals surface area (Å²) in [5.41, 5.74) is 4.09. The third-order valence-electron chi connectivity index (χ3n) is 7.18. The molecule has 0 saturated carbocycles. The lowest BCUT2D eigenvalue weighted by Crippen LogP contribution is -2.57. The van der Waals surface area contributed by atoms with Crippen molar-refractivity contribution in [3.8, 4) is 0 Å². The number of carbonyl (C=O) groups is 1. The Kier molecular flexibility index (Phi) is 9.67. The Morgan fingerprint density at radius 3 is 2.45 bits per heavy atom. The highest BCUT2D eigenvalue weighted by molar-refractivity contribution is 14.0. The monoisotopic (exact) mass is 568 g/mol. The molecule has 0 spiro atoms. The van der Waals surface area contributed by atoms with Crippen molar-refractivity contribution < 1.29 is 4.79 Å². The zero-order valence-electron chi connectivity index (χ0n) is 20.6. The van der Waals surface area contributed by atoms with Gasteiger partial charge in [0.2, 0.25) is 5.91 Å². The molecule has 3 aliphatic rings. The number of carbonyl (C=O) groups excluding carboxylic acids is 1. The number of likely N-dealkylation sites (tertiary alicyclic amines) is 1. The zero-order valence-corrected chi connectivity index (χ0v) is 22.9. The van der Waals surface area contributed by atoms with E-state index in [1.54, 1.807) is 0 Å². The molecule has 3 heterocycles. The molecule has 4 rings (SSSR count). The van der Waals surface area contributed by atoms with E-state index < -0.39 is 0 Å². The Balaban J connectivity index is 0.00000306. The van der Waals surface area contributed by atoms with Crippen LogP contribution >= 0.6 is 24.0 Å². The summed E-state index contributed by atoms with van der Waals surface area (Å²) in [5.74, 6) is 1.29. The van der Waals surface area contributed by atoms with Gasteiger partial charge in [0.15, 0.2) is 5.96 Å². The second-order valence-electron chi connectivity index (χ2n) is 9.39. The number of nitrogens with one attached hydrogen (secondary N) is 1. The maximum absolute atomic E-state index is 12.8. The number of anilines is 1. The fourth-order valence-corrected chi connectivity index (χ4v) is 5.21. The van der Waals surface area contributed by atoms with Gasteiger partial charge in [-0.2, -0.15) is 0 Å². The van der Waals surface area contributed by atoms with Crippen LogP contribution in [0.4, 0.5) is 5.69 Å². The predicted molar refractivity (Wildman–Crippen MR) is 147 cm³/mol. The third-order valence-corrected chi connectivity index (χ3v) is 7.18. The number of fused-ring (bicyclic) bond motifs is 1. The molecule has 1 N–H and O–H groups in total. The first kappa shape index (κ1) is 26.1.